The third kappa shape index (κ3) is 3.40. The summed E-state index contributed by atoms with van der Waals surface area (Å²) in [7, 11) is 0. The Balaban J connectivity index is 2.18. The molecule has 0 radical (unpaired) electrons. The third-order valence-electron chi connectivity index (χ3n) is 2.76. The Labute approximate surface area is 126 Å². The second kappa shape index (κ2) is 6.11. The van der Waals surface area contributed by atoms with Crippen molar-refractivity contribution < 1.29 is 9.66 Å². The number of aryl methyl sites for hydroxylation is 1. The molecule has 0 heterocycles. The van der Waals surface area contributed by atoms with Crippen molar-refractivity contribution in [3.63, 3.8) is 0 Å². The van der Waals surface area contributed by atoms with Gasteiger partial charge in [0, 0.05) is 27.7 Å². The molecule has 2 aromatic rings. The number of rotatable bonds is 4. The second-order valence-electron chi connectivity index (χ2n) is 4.23. The lowest BCUT2D eigenvalue weighted by Crippen LogP contribution is -1.99. The number of non-ortho nitro benzene ring substituents is 1. The average molecular weight is 312 g/mol. The molecule has 0 aromatic heterocycles. The lowest BCUT2D eigenvalue weighted by atomic mass is 10.2. The fourth-order valence-corrected chi connectivity index (χ4v) is 2.11. The smallest absolute Gasteiger partial charge is 0.269 e. The minimum Gasteiger partial charge on any atom is -0.489 e. The van der Waals surface area contributed by atoms with E-state index in [2.05, 4.69) is 0 Å². The summed E-state index contributed by atoms with van der Waals surface area (Å²) in [6.07, 6.45) is 0. The fraction of sp³-hybridized carbons (Fsp3) is 0.143. The standard InChI is InChI=1S/C14H11Cl2NO3/c1-9-6-11(15)2-5-14(9)20-8-10-7-12(17(18)19)3-4-13(10)16/h2-7H,8H2,1H3. The summed E-state index contributed by atoms with van der Waals surface area (Å²) in [5, 5.41) is 11.8. The maximum Gasteiger partial charge on any atom is 0.269 e. The molecule has 0 atom stereocenters. The second-order valence-corrected chi connectivity index (χ2v) is 5.07. The van der Waals surface area contributed by atoms with Crippen molar-refractivity contribution in [2.45, 2.75) is 13.5 Å². The first-order valence-corrected chi connectivity index (χ1v) is 6.55. The van der Waals surface area contributed by atoms with Gasteiger partial charge in [-0.1, -0.05) is 23.2 Å². The van der Waals surface area contributed by atoms with Gasteiger partial charge in [-0.15, -0.1) is 0 Å². The Morgan fingerprint density at radius 3 is 2.60 bits per heavy atom. The van der Waals surface area contributed by atoms with Gasteiger partial charge in [-0.2, -0.15) is 0 Å². The molecule has 4 nitrogen and oxygen atoms in total. The van der Waals surface area contributed by atoms with Crippen LogP contribution >= 0.6 is 23.2 Å². The van der Waals surface area contributed by atoms with Crippen molar-refractivity contribution in [3.05, 3.63) is 67.7 Å². The van der Waals surface area contributed by atoms with Crippen molar-refractivity contribution in [2.75, 3.05) is 0 Å². The predicted molar refractivity (Wildman–Crippen MR) is 78.6 cm³/mol. The van der Waals surface area contributed by atoms with Crippen LogP contribution in [-0.2, 0) is 6.61 Å². The Morgan fingerprint density at radius 2 is 1.95 bits per heavy atom. The number of hydrogen-bond acceptors (Lipinski definition) is 3. The first-order valence-electron chi connectivity index (χ1n) is 5.79. The average Bonchev–Trinajstić information content (AvgIpc) is 2.39. The summed E-state index contributed by atoms with van der Waals surface area (Å²) < 4.78 is 5.63. The number of nitro groups is 1. The molecule has 2 aromatic carbocycles. The molecular formula is C14H11Cl2NO3. The number of nitro benzene ring substituents is 1. The molecule has 0 aliphatic heterocycles. The monoisotopic (exact) mass is 311 g/mol. The highest BCUT2D eigenvalue weighted by atomic mass is 35.5. The number of halogens is 2. The van der Waals surface area contributed by atoms with Gasteiger partial charge >= 0.3 is 0 Å². The van der Waals surface area contributed by atoms with E-state index in [0.29, 0.717) is 21.4 Å². The van der Waals surface area contributed by atoms with Gasteiger partial charge in [0.05, 0.1) is 4.92 Å². The van der Waals surface area contributed by atoms with Crippen LogP contribution < -0.4 is 4.74 Å². The van der Waals surface area contributed by atoms with Crippen LogP contribution in [0.25, 0.3) is 0 Å². The van der Waals surface area contributed by atoms with E-state index in [1.165, 1.54) is 18.2 Å². The molecule has 0 amide bonds. The molecule has 0 N–H and O–H groups in total. The van der Waals surface area contributed by atoms with Crippen molar-refractivity contribution in [1.82, 2.24) is 0 Å². The normalized spacial score (nSPS) is 10.3. The highest BCUT2D eigenvalue weighted by molar-refractivity contribution is 6.31. The maximum atomic E-state index is 10.7. The summed E-state index contributed by atoms with van der Waals surface area (Å²) in [6.45, 7) is 2.03. The fourth-order valence-electron chi connectivity index (χ4n) is 1.72. The summed E-state index contributed by atoms with van der Waals surface area (Å²) in [5.74, 6) is 0.664. The lowest BCUT2D eigenvalue weighted by molar-refractivity contribution is -0.384. The zero-order valence-electron chi connectivity index (χ0n) is 10.6. The Kier molecular flexibility index (Phi) is 4.47. The van der Waals surface area contributed by atoms with E-state index in [1.807, 2.05) is 6.92 Å². The van der Waals surface area contributed by atoms with Gasteiger partial charge in [0.1, 0.15) is 12.4 Å². The quantitative estimate of drug-likeness (QED) is 0.602. The zero-order chi connectivity index (χ0) is 14.7. The van der Waals surface area contributed by atoms with Crippen LogP contribution in [0.3, 0.4) is 0 Å². The van der Waals surface area contributed by atoms with Crippen LogP contribution in [-0.4, -0.2) is 4.92 Å². The maximum absolute atomic E-state index is 10.7. The van der Waals surface area contributed by atoms with E-state index in [4.69, 9.17) is 27.9 Å². The van der Waals surface area contributed by atoms with E-state index in [-0.39, 0.29) is 12.3 Å². The first kappa shape index (κ1) is 14.6. The topological polar surface area (TPSA) is 52.4 Å². The lowest BCUT2D eigenvalue weighted by Gasteiger charge is -2.10. The minimum atomic E-state index is -0.465. The van der Waals surface area contributed by atoms with Crippen LogP contribution in [0.5, 0.6) is 5.75 Å². The van der Waals surface area contributed by atoms with Gasteiger partial charge in [-0.3, -0.25) is 10.1 Å². The van der Waals surface area contributed by atoms with Gasteiger partial charge < -0.3 is 4.74 Å². The molecule has 6 heteroatoms. The Hall–Kier alpha value is -1.78. The van der Waals surface area contributed by atoms with Crippen molar-refractivity contribution in [1.29, 1.82) is 0 Å². The molecule has 0 aliphatic carbocycles. The van der Waals surface area contributed by atoms with Crippen LogP contribution in [0, 0.1) is 17.0 Å². The van der Waals surface area contributed by atoms with Gasteiger partial charge in [-0.05, 0) is 36.8 Å². The van der Waals surface area contributed by atoms with Crippen LogP contribution in [0.1, 0.15) is 11.1 Å². The van der Waals surface area contributed by atoms with Crippen LogP contribution in [0.2, 0.25) is 10.0 Å². The molecule has 0 bridgehead atoms. The molecule has 0 spiro atoms. The number of nitrogens with zero attached hydrogens (tertiary/aromatic N) is 1. The molecular weight excluding hydrogens is 301 g/mol. The van der Waals surface area contributed by atoms with Crippen LogP contribution in [0.15, 0.2) is 36.4 Å². The SMILES string of the molecule is Cc1cc(Cl)ccc1OCc1cc([N+](=O)[O-])ccc1Cl. The van der Waals surface area contributed by atoms with Gasteiger partial charge in [0.25, 0.3) is 5.69 Å². The van der Waals surface area contributed by atoms with Gasteiger partial charge in [0.2, 0.25) is 0 Å². The van der Waals surface area contributed by atoms with Crippen molar-refractivity contribution in [3.8, 4) is 5.75 Å². The molecule has 0 fully saturated rings. The first-order chi connectivity index (χ1) is 9.47. The Morgan fingerprint density at radius 1 is 1.20 bits per heavy atom. The predicted octanol–water partition coefficient (Wildman–Crippen LogP) is 4.79. The third-order valence-corrected chi connectivity index (χ3v) is 3.36. The Bertz CT molecular complexity index is 659. The number of ether oxygens (including phenoxy) is 1. The molecule has 0 saturated carbocycles. The molecule has 0 saturated heterocycles. The van der Waals surface area contributed by atoms with Gasteiger partial charge in [0.15, 0.2) is 0 Å². The van der Waals surface area contributed by atoms with E-state index in [0.717, 1.165) is 5.56 Å². The number of hydrogen-bond donors (Lipinski definition) is 0. The zero-order valence-corrected chi connectivity index (χ0v) is 12.1. The van der Waals surface area contributed by atoms with Gasteiger partial charge in [-0.25, -0.2) is 0 Å². The molecule has 2 rings (SSSR count). The summed E-state index contributed by atoms with van der Waals surface area (Å²) >= 11 is 11.9. The van der Waals surface area contributed by atoms with Crippen LogP contribution in [0.4, 0.5) is 5.69 Å². The highest BCUT2D eigenvalue weighted by Gasteiger charge is 2.10. The largest absolute Gasteiger partial charge is 0.489 e. The van der Waals surface area contributed by atoms with E-state index >= 15 is 0 Å². The number of benzene rings is 2. The summed E-state index contributed by atoms with van der Waals surface area (Å²) in [6, 6.07) is 9.52. The summed E-state index contributed by atoms with van der Waals surface area (Å²) in [4.78, 5) is 10.3. The van der Waals surface area contributed by atoms with Crippen molar-refractivity contribution in [2.24, 2.45) is 0 Å². The van der Waals surface area contributed by atoms with E-state index < -0.39 is 4.92 Å². The van der Waals surface area contributed by atoms with E-state index in [1.54, 1.807) is 18.2 Å². The minimum absolute atomic E-state index is 0.0131. The molecule has 0 unspecified atom stereocenters. The molecule has 0 aliphatic rings. The molecule has 104 valence electrons. The van der Waals surface area contributed by atoms with Crippen molar-refractivity contribution >= 4 is 28.9 Å². The van der Waals surface area contributed by atoms with E-state index in [9.17, 15) is 10.1 Å². The molecule has 20 heavy (non-hydrogen) atoms. The summed E-state index contributed by atoms with van der Waals surface area (Å²) in [5.41, 5.74) is 1.44. The highest BCUT2D eigenvalue weighted by Crippen LogP contribution is 2.26.